The molecule has 0 bridgehead atoms. The Bertz CT molecular complexity index is 693. The molecule has 2 aromatic carbocycles. The molecule has 134 valence electrons. The minimum absolute atomic E-state index is 0.554. The largest absolute Gasteiger partial charge is 0.416 e. The van der Waals surface area contributed by atoms with Crippen LogP contribution in [-0.2, 0) is 19.3 Å². The molecule has 0 radical (unpaired) electrons. The van der Waals surface area contributed by atoms with Crippen molar-refractivity contribution < 1.29 is 13.2 Å². The van der Waals surface area contributed by atoms with Gasteiger partial charge in [0.15, 0.2) is 0 Å². The van der Waals surface area contributed by atoms with Gasteiger partial charge in [-0.25, -0.2) is 0 Å². The first-order valence-electron chi connectivity index (χ1n) is 8.25. The van der Waals surface area contributed by atoms with Gasteiger partial charge in [0.05, 0.1) is 5.56 Å². The van der Waals surface area contributed by atoms with Crippen LogP contribution >= 0.6 is 11.6 Å². The molecule has 1 heterocycles. The second-order valence-corrected chi connectivity index (χ2v) is 6.81. The minimum atomic E-state index is -4.28. The molecular formula is C19H20ClF3N2. The van der Waals surface area contributed by atoms with E-state index in [2.05, 4.69) is 9.80 Å². The van der Waals surface area contributed by atoms with Crippen molar-refractivity contribution >= 4 is 11.6 Å². The Labute approximate surface area is 150 Å². The van der Waals surface area contributed by atoms with E-state index in [-0.39, 0.29) is 0 Å². The zero-order valence-electron chi connectivity index (χ0n) is 13.8. The van der Waals surface area contributed by atoms with Crippen LogP contribution in [0.2, 0.25) is 5.02 Å². The van der Waals surface area contributed by atoms with Gasteiger partial charge >= 0.3 is 6.18 Å². The Morgan fingerprint density at radius 1 is 0.800 bits per heavy atom. The minimum Gasteiger partial charge on any atom is -0.297 e. The van der Waals surface area contributed by atoms with Crippen molar-refractivity contribution in [1.82, 2.24) is 9.80 Å². The second-order valence-electron chi connectivity index (χ2n) is 6.38. The maximum Gasteiger partial charge on any atom is 0.416 e. The van der Waals surface area contributed by atoms with Gasteiger partial charge in [-0.15, -0.1) is 0 Å². The summed E-state index contributed by atoms with van der Waals surface area (Å²) in [5.74, 6) is 0. The lowest BCUT2D eigenvalue weighted by Crippen LogP contribution is -2.45. The first-order valence-corrected chi connectivity index (χ1v) is 8.63. The van der Waals surface area contributed by atoms with Gasteiger partial charge in [-0.3, -0.25) is 9.80 Å². The summed E-state index contributed by atoms with van der Waals surface area (Å²) in [5, 5.41) is 0.731. The van der Waals surface area contributed by atoms with Crippen LogP contribution in [0.3, 0.4) is 0 Å². The number of halogens is 4. The Morgan fingerprint density at radius 2 is 1.36 bits per heavy atom. The summed E-state index contributed by atoms with van der Waals surface area (Å²) in [5.41, 5.74) is 1.35. The van der Waals surface area contributed by atoms with Gasteiger partial charge < -0.3 is 0 Å². The molecule has 6 heteroatoms. The Balaban J connectivity index is 1.52. The maximum absolute atomic E-state index is 12.8. The van der Waals surface area contributed by atoms with Gasteiger partial charge in [0.25, 0.3) is 0 Å². The molecule has 3 rings (SSSR count). The molecule has 0 spiro atoms. The van der Waals surface area contributed by atoms with E-state index < -0.39 is 11.7 Å². The number of hydrogen-bond donors (Lipinski definition) is 0. The second kappa shape index (κ2) is 7.77. The van der Waals surface area contributed by atoms with E-state index in [9.17, 15) is 13.2 Å². The molecule has 1 saturated heterocycles. The van der Waals surface area contributed by atoms with Crippen molar-refractivity contribution in [2.45, 2.75) is 19.3 Å². The third-order valence-corrected chi connectivity index (χ3v) is 4.70. The van der Waals surface area contributed by atoms with Crippen molar-refractivity contribution in [3.8, 4) is 0 Å². The van der Waals surface area contributed by atoms with Crippen molar-refractivity contribution in [2.75, 3.05) is 26.2 Å². The third-order valence-electron chi connectivity index (χ3n) is 4.44. The van der Waals surface area contributed by atoms with E-state index >= 15 is 0 Å². The maximum atomic E-state index is 12.8. The normalized spacial score (nSPS) is 17.0. The summed E-state index contributed by atoms with van der Waals surface area (Å²) in [4.78, 5) is 4.56. The highest BCUT2D eigenvalue weighted by atomic mass is 35.5. The molecule has 25 heavy (non-hydrogen) atoms. The number of nitrogens with zero attached hydrogens (tertiary/aromatic N) is 2. The van der Waals surface area contributed by atoms with Crippen LogP contribution in [0.1, 0.15) is 16.7 Å². The van der Waals surface area contributed by atoms with Crippen molar-refractivity contribution in [2.24, 2.45) is 0 Å². The highest BCUT2D eigenvalue weighted by molar-refractivity contribution is 6.30. The van der Waals surface area contributed by atoms with Gasteiger partial charge in [-0.2, -0.15) is 13.2 Å². The van der Waals surface area contributed by atoms with E-state index in [0.717, 1.165) is 43.8 Å². The molecule has 0 atom stereocenters. The predicted molar refractivity (Wildman–Crippen MR) is 93.5 cm³/mol. The number of piperazine rings is 1. The fourth-order valence-corrected chi connectivity index (χ4v) is 3.18. The van der Waals surface area contributed by atoms with E-state index in [1.807, 2.05) is 24.3 Å². The topological polar surface area (TPSA) is 6.48 Å². The first kappa shape index (κ1) is 18.2. The summed E-state index contributed by atoms with van der Waals surface area (Å²) in [6.45, 7) is 4.93. The summed E-state index contributed by atoms with van der Waals surface area (Å²) >= 11 is 5.90. The molecule has 2 aromatic rings. The SMILES string of the molecule is FC(F)(F)c1cccc(CN2CCN(Cc3ccc(Cl)cc3)CC2)c1. The van der Waals surface area contributed by atoms with Gasteiger partial charge in [0.1, 0.15) is 0 Å². The fraction of sp³-hybridized carbons (Fsp3) is 0.368. The lowest BCUT2D eigenvalue weighted by molar-refractivity contribution is -0.137. The van der Waals surface area contributed by atoms with E-state index in [1.165, 1.54) is 17.7 Å². The third kappa shape index (κ3) is 5.21. The van der Waals surface area contributed by atoms with Crippen LogP contribution in [0.25, 0.3) is 0 Å². The van der Waals surface area contributed by atoms with Gasteiger partial charge in [-0.1, -0.05) is 41.9 Å². The van der Waals surface area contributed by atoms with Crippen LogP contribution < -0.4 is 0 Å². The zero-order chi connectivity index (χ0) is 17.9. The van der Waals surface area contributed by atoms with Crippen LogP contribution in [0.5, 0.6) is 0 Å². The van der Waals surface area contributed by atoms with Gasteiger partial charge in [0.2, 0.25) is 0 Å². The number of benzene rings is 2. The Hall–Kier alpha value is -1.56. The average Bonchev–Trinajstić information content (AvgIpc) is 2.58. The van der Waals surface area contributed by atoms with Crippen molar-refractivity contribution in [1.29, 1.82) is 0 Å². The van der Waals surface area contributed by atoms with E-state index in [4.69, 9.17) is 11.6 Å². The zero-order valence-corrected chi connectivity index (χ0v) is 14.5. The molecule has 0 aromatic heterocycles. The fourth-order valence-electron chi connectivity index (χ4n) is 3.06. The molecule has 1 aliphatic heterocycles. The van der Waals surface area contributed by atoms with E-state index in [1.54, 1.807) is 6.07 Å². The molecule has 1 aliphatic rings. The molecular weight excluding hydrogens is 349 g/mol. The van der Waals surface area contributed by atoms with Crippen LogP contribution in [-0.4, -0.2) is 36.0 Å². The standard InChI is InChI=1S/C19H20ClF3N2/c20-18-6-4-15(5-7-18)13-24-8-10-25(11-9-24)14-16-2-1-3-17(12-16)19(21,22)23/h1-7,12H,8-11,13-14H2. The van der Waals surface area contributed by atoms with Gasteiger partial charge in [0, 0.05) is 44.3 Å². The molecule has 0 N–H and O–H groups in total. The highest BCUT2D eigenvalue weighted by Gasteiger charge is 2.30. The molecule has 1 fully saturated rings. The monoisotopic (exact) mass is 368 g/mol. The molecule has 0 amide bonds. The highest BCUT2D eigenvalue weighted by Crippen LogP contribution is 2.29. The lowest BCUT2D eigenvalue weighted by Gasteiger charge is -2.34. The average molecular weight is 369 g/mol. The smallest absolute Gasteiger partial charge is 0.297 e. The molecule has 2 nitrogen and oxygen atoms in total. The molecule has 0 unspecified atom stereocenters. The Kier molecular flexibility index (Phi) is 5.67. The Morgan fingerprint density at radius 3 is 1.92 bits per heavy atom. The predicted octanol–water partition coefficient (Wildman–Crippen LogP) is 4.68. The lowest BCUT2D eigenvalue weighted by atomic mass is 10.1. The van der Waals surface area contributed by atoms with Gasteiger partial charge in [-0.05, 0) is 29.3 Å². The summed E-state index contributed by atoms with van der Waals surface area (Å²) in [7, 11) is 0. The number of alkyl halides is 3. The van der Waals surface area contributed by atoms with Crippen molar-refractivity contribution in [3.63, 3.8) is 0 Å². The molecule has 0 aliphatic carbocycles. The summed E-state index contributed by atoms with van der Waals surface area (Å²) in [6.07, 6.45) is -4.28. The van der Waals surface area contributed by atoms with Crippen molar-refractivity contribution in [3.05, 3.63) is 70.2 Å². The molecule has 0 saturated carbocycles. The van der Waals surface area contributed by atoms with Crippen LogP contribution in [0, 0.1) is 0 Å². The first-order chi connectivity index (χ1) is 11.9. The van der Waals surface area contributed by atoms with E-state index in [0.29, 0.717) is 12.1 Å². The summed E-state index contributed by atoms with van der Waals surface area (Å²) in [6, 6.07) is 13.4. The van der Waals surface area contributed by atoms with Crippen LogP contribution in [0.15, 0.2) is 48.5 Å². The van der Waals surface area contributed by atoms with Crippen LogP contribution in [0.4, 0.5) is 13.2 Å². The summed E-state index contributed by atoms with van der Waals surface area (Å²) < 4.78 is 38.4. The number of hydrogen-bond acceptors (Lipinski definition) is 2. The number of rotatable bonds is 4. The quantitative estimate of drug-likeness (QED) is 0.773.